The van der Waals surface area contributed by atoms with Gasteiger partial charge in [0.05, 0.1) is 11.4 Å². The van der Waals surface area contributed by atoms with Crippen LogP contribution in [-0.2, 0) is 6.18 Å². The Morgan fingerprint density at radius 2 is 1.57 bits per heavy atom. The summed E-state index contributed by atoms with van der Waals surface area (Å²) in [6.45, 7) is 1.93. The summed E-state index contributed by atoms with van der Waals surface area (Å²) in [5.74, 6) is 0. The van der Waals surface area contributed by atoms with Crippen molar-refractivity contribution in [1.82, 2.24) is 9.78 Å². The highest BCUT2D eigenvalue weighted by molar-refractivity contribution is 14.1. The summed E-state index contributed by atoms with van der Waals surface area (Å²) < 4.78 is 41.5. The van der Waals surface area contributed by atoms with Gasteiger partial charge in [-0.25, -0.2) is 4.68 Å². The van der Waals surface area contributed by atoms with Crippen LogP contribution in [-0.4, -0.2) is 9.78 Å². The van der Waals surface area contributed by atoms with Gasteiger partial charge in [-0.2, -0.15) is 18.3 Å². The van der Waals surface area contributed by atoms with E-state index < -0.39 is 11.9 Å². The normalized spacial score (nSPS) is 11.7. The molecular formula is C17H12F3IN2. The molecule has 0 aliphatic heterocycles. The Morgan fingerprint density at radius 3 is 2.13 bits per heavy atom. The molecule has 0 aliphatic rings. The molecule has 23 heavy (non-hydrogen) atoms. The number of hydrogen-bond donors (Lipinski definition) is 0. The lowest BCUT2D eigenvalue weighted by Crippen LogP contribution is -2.07. The first-order chi connectivity index (χ1) is 10.8. The Balaban J connectivity index is 2.18. The third-order valence-electron chi connectivity index (χ3n) is 3.42. The number of aromatic nitrogens is 2. The van der Waals surface area contributed by atoms with Gasteiger partial charge in [-0.1, -0.05) is 29.8 Å². The smallest absolute Gasteiger partial charge is 0.233 e. The first-order valence-corrected chi connectivity index (χ1v) is 7.93. The van der Waals surface area contributed by atoms with Crippen molar-refractivity contribution in [3.05, 3.63) is 69.4 Å². The molecule has 0 unspecified atom stereocenters. The fraction of sp³-hybridized carbons (Fsp3) is 0.118. The minimum atomic E-state index is -4.48. The molecule has 1 heterocycles. The molecule has 0 spiro atoms. The molecule has 0 amide bonds. The number of aryl methyl sites for hydroxylation is 1. The lowest BCUT2D eigenvalue weighted by atomic mass is 10.1. The second-order valence-corrected chi connectivity index (χ2v) is 6.41. The van der Waals surface area contributed by atoms with Crippen molar-refractivity contribution in [2.45, 2.75) is 13.1 Å². The van der Waals surface area contributed by atoms with Gasteiger partial charge >= 0.3 is 6.18 Å². The fourth-order valence-electron chi connectivity index (χ4n) is 2.23. The van der Waals surface area contributed by atoms with Gasteiger partial charge in [0.15, 0.2) is 5.69 Å². The van der Waals surface area contributed by atoms with E-state index in [0.717, 1.165) is 15.2 Å². The van der Waals surface area contributed by atoms with Crippen molar-refractivity contribution in [1.29, 1.82) is 0 Å². The van der Waals surface area contributed by atoms with Crippen LogP contribution >= 0.6 is 22.6 Å². The van der Waals surface area contributed by atoms with E-state index >= 15 is 0 Å². The van der Waals surface area contributed by atoms with Gasteiger partial charge in [0, 0.05) is 9.13 Å². The Hall–Kier alpha value is -1.83. The Kier molecular flexibility index (Phi) is 4.18. The quantitative estimate of drug-likeness (QED) is 0.495. The van der Waals surface area contributed by atoms with Crippen LogP contribution in [0.1, 0.15) is 11.3 Å². The van der Waals surface area contributed by atoms with Crippen molar-refractivity contribution in [2.75, 3.05) is 0 Å². The average Bonchev–Trinajstić information content (AvgIpc) is 2.94. The molecule has 2 nitrogen and oxygen atoms in total. The van der Waals surface area contributed by atoms with Gasteiger partial charge in [-0.05, 0) is 59.8 Å². The zero-order chi connectivity index (χ0) is 16.6. The first kappa shape index (κ1) is 16.0. The van der Waals surface area contributed by atoms with Crippen LogP contribution in [0.3, 0.4) is 0 Å². The summed E-state index contributed by atoms with van der Waals surface area (Å²) in [6, 6.07) is 15.6. The molecule has 3 rings (SSSR count). The molecule has 0 atom stereocenters. The minimum Gasteiger partial charge on any atom is -0.233 e. The highest BCUT2D eigenvalue weighted by Crippen LogP contribution is 2.33. The Labute approximate surface area is 145 Å². The predicted molar refractivity (Wildman–Crippen MR) is 91.5 cm³/mol. The van der Waals surface area contributed by atoms with E-state index in [1.54, 1.807) is 24.3 Å². The molecule has 1 aromatic heterocycles. The van der Waals surface area contributed by atoms with Crippen LogP contribution in [0.25, 0.3) is 16.9 Å². The summed E-state index contributed by atoms with van der Waals surface area (Å²) in [4.78, 5) is 0. The van der Waals surface area contributed by atoms with Crippen LogP contribution in [0, 0.1) is 10.5 Å². The Morgan fingerprint density at radius 1 is 0.957 bits per heavy atom. The molecule has 0 radical (unpaired) electrons. The molecular weight excluding hydrogens is 416 g/mol. The van der Waals surface area contributed by atoms with Crippen LogP contribution in [0.5, 0.6) is 0 Å². The van der Waals surface area contributed by atoms with E-state index in [0.29, 0.717) is 16.9 Å². The summed E-state index contributed by atoms with van der Waals surface area (Å²) in [5.41, 5.74) is 1.85. The van der Waals surface area contributed by atoms with Crippen molar-refractivity contribution in [3.8, 4) is 16.9 Å². The summed E-state index contributed by atoms with van der Waals surface area (Å²) in [6.07, 6.45) is -4.48. The van der Waals surface area contributed by atoms with Gasteiger partial charge < -0.3 is 0 Å². The second kappa shape index (κ2) is 5.99. The van der Waals surface area contributed by atoms with Crippen LogP contribution in [0.15, 0.2) is 54.6 Å². The number of halogens is 4. The molecule has 0 saturated heterocycles. The molecule has 0 aliphatic carbocycles. The zero-order valence-electron chi connectivity index (χ0n) is 12.1. The number of nitrogens with zero attached hydrogens (tertiary/aromatic N) is 2. The number of benzene rings is 2. The third kappa shape index (κ3) is 3.41. The molecule has 6 heteroatoms. The average molecular weight is 428 g/mol. The highest BCUT2D eigenvalue weighted by Gasteiger charge is 2.35. The predicted octanol–water partition coefficient (Wildman–Crippen LogP) is 5.47. The van der Waals surface area contributed by atoms with E-state index in [-0.39, 0.29) is 0 Å². The van der Waals surface area contributed by atoms with Gasteiger partial charge in [0.2, 0.25) is 0 Å². The molecule has 118 valence electrons. The SMILES string of the molecule is Cc1ccc(-c2cc(C(F)(F)F)nn2-c2ccc(I)cc2)cc1. The molecule has 0 bridgehead atoms. The van der Waals surface area contributed by atoms with Crippen molar-refractivity contribution in [2.24, 2.45) is 0 Å². The second-order valence-electron chi connectivity index (χ2n) is 5.17. The fourth-order valence-corrected chi connectivity index (χ4v) is 2.59. The largest absolute Gasteiger partial charge is 0.435 e. The third-order valence-corrected chi connectivity index (χ3v) is 4.14. The van der Waals surface area contributed by atoms with Crippen LogP contribution in [0.4, 0.5) is 13.2 Å². The van der Waals surface area contributed by atoms with Crippen molar-refractivity contribution < 1.29 is 13.2 Å². The number of hydrogen-bond acceptors (Lipinski definition) is 1. The first-order valence-electron chi connectivity index (χ1n) is 6.85. The van der Waals surface area contributed by atoms with Gasteiger partial charge in [-0.15, -0.1) is 0 Å². The van der Waals surface area contributed by atoms with E-state index in [1.807, 2.05) is 31.2 Å². The van der Waals surface area contributed by atoms with Gasteiger partial charge in [0.25, 0.3) is 0 Å². The molecule has 0 fully saturated rings. The maximum atomic E-state index is 13.1. The molecule has 2 aromatic carbocycles. The van der Waals surface area contributed by atoms with Crippen molar-refractivity contribution >= 4 is 22.6 Å². The lowest BCUT2D eigenvalue weighted by molar-refractivity contribution is -0.141. The van der Waals surface area contributed by atoms with E-state index in [2.05, 4.69) is 27.7 Å². The molecule has 3 aromatic rings. The van der Waals surface area contributed by atoms with E-state index in [1.165, 1.54) is 4.68 Å². The minimum absolute atomic E-state index is 0.415. The molecule has 0 N–H and O–H groups in total. The summed E-state index contributed by atoms with van der Waals surface area (Å²) >= 11 is 2.15. The highest BCUT2D eigenvalue weighted by atomic mass is 127. The number of alkyl halides is 3. The topological polar surface area (TPSA) is 17.8 Å². The zero-order valence-corrected chi connectivity index (χ0v) is 14.3. The monoisotopic (exact) mass is 428 g/mol. The standard InChI is InChI=1S/C17H12F3IN2/c1-11-2-4-12(5-3-11)15-10-16(17(18,19)20)22-23(15)14-8-6-13(21)7-9-14/h2-10H,1H3. The summed E-state index contributed by atoms with van der Waals surface area (Å²) in [5, 5.41) is 3.77. The van der Waals surface area contributed by atoms with Crippen LogP contribution < -0.4 is 0 Å². The number of rotatable bonds is 2. The maximum absolute atomic E-state index is 13.1. The Bertz CT molecular complexity index is 756. The van der Waals surface area contributed by atoms with E-state index in [9.17, 15) is 13.2 Å². The van der Waals surface area contributed by atoms with E-state index in [4.69, 9.17) is 0 Å². The summed E-state index contributed by atoms with van der Waals surface area (Å²) in [7, 11) is 0. The maximum Gasteiger partial charge on any atom is 0.435 e. The van der Waals surface area contributed by atoms with Crippen molar-refractivity contribution in [3.63, 3.8) is 0 Å². The lowest BCUT2D eigenvalue weighted by Gasteiger charge is -2.08. The van der Waals surface area contributed by atoms with Crippen LogP contribution in [0.2, 0.25) is 0 Å². The van der Waals surface area contributed by atoms with Gasteiger partial charge in [0.1, 0.15) is 0 Å². The van der Waals surface area contributed by atoms with Gasteiger partial charge in [-0.3, -0.25) is 0 Å². The molecule has 0 saturated carbocycles.